The summed E-state index contributed by atoms with van der Waals surface area (Å²) in [6.45, 7) is -0.259. The number of aromatic nitrogens is 3. The highest BCUT2D eigenvalue weighted by Gasteiger charge is 2.25. The highest BCUT2D eigenvalue weighted by atomic mass is 19.3. The van der Waals surface area contributed by atoms with E-state index in [4.69, 9.17) is 5.73 Å². The molecule has 0 atom stereocenters. The van der Waals surface area contributed by atoms with Gasteiger partial charge in [0.2, 0.25) is 0 Å². The second-order valence-electron chi connectivity index (χ2n) is 7.29. The van der Waals surface area contributed by atoms with Crippen LogP contribution in [0.25, 0.3) is 16.6 Å². The summed E-state index contributed by atoms with van der Waals surface area (Å²) in [6.07, 6.45) is 8.23. The van der Waals surface area contributed by atoms with E-state index in [-0.39, 0.29) is 18.6 Å². The summed E-state index contributed by atoms with van der Waals surface area (Å²) in [7, 11) is 0. The second kappa shape index (κ2) is 7.71. The topological polar surface area (TPSA) is 77.9 Å². The Morgan fingerprint density at radius 1 is 1.25 bits per heavy atom. The van der Waals surface area contributed by atoms with Gasteiger partial charge < -0.3 is 20.2 Å². The number of imidazole rings is 1. The molecule has 4 rings (SSSR count). The van der Waals surface area contributed by atoms with Crippen LogP contribution in [0.15, 0.2) is 43.1 Å². The van der Waals surface area contributed by atoms with Crippen LogP contribution in [0.3, 0.4) is 0 Å². The molecule has 1 fully saturated rings. The molecular formula is C20H23F2N5O. The number of primary amides is 1. The van der Waals surface area contributed by atoms with Gasteiger partial charge in [-0.1, -0.05) is 0 Å². The molecule has 2 heterocycles. The van der Waals surface area contributed by atoms with E-state index in [9.17, 15) is 13.6 Å². The molecule has 1 aromatic carbocycles. The number of hydrogen-bond donors (Lipinski definition) is 2. The van der Waals surface area contributed by atoms with Crippen molar-refractivity contribution in [2.45, 2.75) is 44.2 Å². The highest BCUT2D eigenvalue weighted by Crippen LogP contribution is 2.34. The molecule has 2 aromatic heterocycles. The lowest BCUT2D eigenvalue weighted by atomic mass is 9.90. The summed E-state index contributed by atoms with van der Waals surface area (Å²) in [5.41, 5.74) is 7.83. The van der Waals surface area contributed by atoms with Crippen molar-refractivity contribution in [2.24, 2.45) is 5.73 Å². The van der Waals surface area contributed by atoms with Crippen LogP contribution in [-0.2, 0) is 0 Å². The fourth-order valence-electron chi connectivity index (χ4n) is 4.16. The van der Waals surface area contributed by atoms with Crippen LogP contribution in [0.5, 0.6) is 0 Å². The summed E-state index contributed by atoms with van der Waals surface area (Å²) in [5, 5.41) is 3.88. The summed E-state index contributed by atoms with van der Waals surface area (Å²) in [4.78, 5) is 16.2. The fourth-order valence-corrected chi connectivity index (χ4v) is 4.16. The molecule has 0 saturated heterocycles. The molecule has 0 bridgehead atoms. The van der Waals surface area contributed by atoms with Crippen molar-refractivity contribution in [1.82, 2.24) is 19.4 Å². The van der Waals surface area contributed by atoms with E-state index < -0.39 is 12.3 Å². The van der Waals surface area contributed by atoms with E-state index in [1.54, 1.807) is 18.6 Å². The van der Waals surface area contributed by atoms with E-state index in [0.29, 0.717) is 5.56 Å². The maximum absolute atomic E-state index is 12.4. The van der Waals surface area contributed by atoms with Crippen molar-refractivity contribution < 1.29 is 13.6 Å². The van der Waals surface area contributed by atoms with Crippen molar-refractivity contribution in [1.29, 1.82) is 0 Å². The van der Waals surface area contributed by atoms with Crippen molar-refractivity contribution in [3.8, 4) is 5.69 Å². The smallest absolute Gasteiger partial charge is 0.250 e. The van der Waals surface area contributed by atoms with E-state index >= 15 is 0 Å². The summed E-state index contributed by atoms with van der Waals surface area (Å²) in [6, 6.07) is 6.13. The molecule has 0 radical (unpaired) electrons. The van der Waals surface area contributed by atoms with Crippen LogP contribution < -0.4 is 11.1 Å². The van der Waals surface area contributed by atoms with Gasteiger partial charge in [-0.25, -0.2) is 13.8 Å². The molecule has 148 valence electrons. The standard InChI is InChI=1S/C20H23F2N5O/c21-18(22)11-25-14-1-3-15(4-2-14)27-7-5-13-9-16(26-8-6-24-12-26)10-17(19(13)27)20(23)28/h5-10,12,14-15,18,25H,1-4,11H2,(H2,23,28). The quantitative estimate of drug-likeness (QED) is 0.681. The maximum atomic E-state index is 12.4. The highest BCUT2D eigenvalue weighted by molar-refractivity contribution is 6.06. The summed E-state index contributed by atoms with van der Waals surface area (Å²) < 4.78 is 28.8. The van der Waals surface area contributed by atoms with Gasteiger partial charge in [-0.3, -0.25) is 4.79 Å². The summed E-state index contributed by atoms with van der Waals surface area (Å²) >= 11 is 0. The molecular weight excluding hydrogens is 364 g/mol. The first-order valence-electron chi connectivity index (χ1n) is 9.47. The van der Waals surface area contributed by atoms with E-state index in [1.807, 2.05) is 29.1 Å². The first-order valence-corrected chi connectivity index (χ1v) is 9.47. The zero-order chi connectivity index (χ0) is 19.7. The van der Waals surface area contributed by atoms with E-state index in [2.05, 4.69) is 14.9 Å². The summed E-state index contributed by atoms with van der Waals surface area (Å²) in [5.74, 6) is -0.473. The number of carbonyl (C=O) groups excluding carboxylic acids is 1. The molecule has 1 amide bonds. The Morgan fingerprint density at radius 3 is 2.68 bits per heavy atom. The zero-order valence-electron chi connectivity index (χ0n) is 15.4. The van der Waals surface area contributed by atoms with Crippen LogP contribution in [0.2, 0.25) is 0 Å². The normalized spacial score (nSPS) is 20.1. The van der Waals surface area contributed by atoms with Crippen LogP contribution in [-0.4, -0.2) is 39.0 Å². The average Bonchev–Trinajstić information content (AvgIpc) is 3.35. The minimum Gasteiger partial charge on any atom is -0.366 e. The van der Waals surface area contributed by atoms with Crippen molar-refractivity contribution in [3.63, 3.8) is 0 Å². The van der Waals surface area contributed by atoms with Crippen LogP contribution in [0.4, 0.5) is 8.78 Å². The molecule has 8 heteroatoms. The number of fused-ring (bicyclic) bond motifs is 1. The minimum absolute atomic E-state index is 0.121. The molecule has 1 aliphatic carbocycles. The van der Waals surface area contributed by atoms with Crippen LogP contribution >= 0.6 is 0 Å². The monoisotopic (exact) mass is 387 g/mol. The Morgan fingerprint density at radius 2 is 2.04 bits per heavy atom. The third-order valence-corrected chi connectivity index (χ3v) is 5.52. The Kier molecular flexibility index (Phi) is 5.13. The van der Waals surface area contributed by atoms with Crippen LogP contribution in [0, 0.1) is 0 Å². The minimum atomic E-state index is -2.33. The van der Waals surface area contributed by atoms with E-state index in [1.165, 1.54) is 0 Å². The van der Waals surface area contributed by atoms with Gasteiger partial charge >= 0.3 is 0 Å². The number of rotatable bonds is 6. The molecule has 1 saturated carbocycles. The number of nitrogens with one attached hydrogen (secondary N) is 1. The van der Waals surface area contributed by atoms with Gasteiger partial charge in [-0.15, -0.1) is 0 Å². The van der Waals surface area contributed by atoms with Gasteiger partial charge in [0.05, 0.1) is 24.0 Å². The average molecular weight is 387 g/mol. The van der Waals surface area contributed by atoms with Gasteiger partial charge in [-0.05, 0) is 43.9 Å². The maximum Gasteiger partial charge on any atom is 0.250 e. The number of halogens is 2. The SMILES string of the molecule is NC(=O)c1cc(-n2ccnc2)cc2ccn(C3CCC(NCC(F)F)CC3)c12. The lowest BCUT2D eigenvalue weighted by Crippen LogP contribution is -2.36. The van der Waals surface area contributed by atoms with Gasteiger partial charge in [-0.2, -0.15) is 0 Å². The first kappa shape index (κ1) is 18.6. The van der Waals surface area contributed by atoms with Crippen LogP contribution in [0.1, 0.15) is 42.1 Å². The molecule has 3 aromatic rings. The zero-order valence-corrected chi connectivity index (χ0v) is 15.4. The molecule has 0 unspecified atom stereocenters. The predicted molar refractivity (Wildman–Crippen MR) is 103 cm³/mol. The second-order valence-corrected chi connectivity index (χ2v) is 7.29. The number of benzene rings is 1. The number of carbonyl (C=O) groups is 1. The number of nitrogens with zero attached hydrogens (tertiary/aromatic N) is 3. The molecule has 0 aliphatic heterocycles. The van der Waals surface area contributed by atoms with E-state index in [0.717, 1.165) is 42.3 Å². The lowest BCUT2D eigenvalue weighted by molar-refractivity contribution is 0.100. The Labute approximate surface area is 161 Å². The molecule has 3 N–H and O–H groups in total. The number of hydrogen-bond acceptors (Lipinski definition) is 3. The third-order valence-electron chi connectivity index (χ3n) is 5.52. The van der Waals surface area contributed by atoms with Gasteiger partial charge in [0.25, 0.3) is 12.3 Å². The first-order chi connectivity index (χ1) is 13.5. The largest absolute Gasteiger partial charge is 0.366 e. The Hall–Kier alpha value is -2.74. The van der Waals surface area contributed by atoms with Crippen molar-refractivity contribution in [2.75, 3.05) is 6.54 Å². The number of amides is 1. The Balaban J connectivity index is 1.61. The Bertz CT molecular complexity index is 959. The molecule has 0 spiro atoms. The van der Waals surface area contributed by atoms with Gasteiger partial charge in [0.1, 0.15) is 0 Å². The fraction of sp³-hybridized carbons (Fsp3) is 0.400. The van der Waals surface area contributed by atoms with Crippen molar-refractivity contribution >= 4 is 16.8 Å². The molecule has 6 nitrogen and oxygen atoms in total. The van der Waals surface area contributed by atoms with Gasteiger partial charge in [0, 0.05) is 41.7 Å². The molecule has 28 heavy (non-hydrogen) atoms. The lowest BCUT2D eigenvalue weighted by Gasteiger charge is -2.31. The molecule has 1 aliphatic rings. The van der Waals surface area contributed by atoms with Gasteiger partial charge in [0.15, 0.2) is 0 Å². The van der Waals surface area contributed by atoms with Crippen molar-refractivity contribution in [3.05, 3.63) is 48.7 Å². The predicted octanol–water partition coefficient (Wildman–Crippen LogP) is 3.26. The number of nitrogens with two attached hydrogens (primary N) is 1. The number of alkyl halides is 2. The third kappa shape index (κ3) is 3.64.